The average Bonchev–Trinajstić information content (AvgIpc) is 2.29. The van der Waals surface area contributed by atoms with Crippen molar-refractivity contribution in [3.05, 3.63) is 28.7 Å². The quantitative estimate of drug-likeness (QED) is 0.828. The molecule has 1 aromatic rings. The van der Waals surface area contributed by atoms with Crippen molar-refractivity contribution in [3.63, 3.8) is 0 Å². The fraction of sp³-hybridized carbons (Fsp3) is 0.545. The molecular weight excluding hydrogens is 230 g/mol. The number of rotatable bonds is 6. The van der Waals surface area contributed by atoms with Gasteiger partial charge in [-0.1, -0.05) is 0 Å². The molecule has 17 heavy (non-hydrogen) atoms. The molecule has 0 amide bonds. The molecule has 0 saturated carbocycles. The van der Waals surface area contributed by atoms with Crippen LogP contribution in [-0.2, 0) is 11.3 Å². The van der Waals surface area contributed by atoms with Gasteiger partial charge in [-0.25, -0.2) is 8.78 Å². The lowest BCUT2D eigenvalue weighted by Crippen LogP contribution is -2.26. The Morgan fingerprint density at radius 3 is 2.76 bits per heavy atom. The lowest BCUT2D eigenvalue weighted by atomic mass is 10.3. The third-order valence-corrected chi connectivity index (χ3v) is 2.29. The first-order valence-electron chi connectivity index (χ1n) is 5.28. The number of aromatic nitrogens is 1. The minimum Gasteiger partial charge on any atom is -0.383 e. The Kier molecular flexibility index (Phi) is 5.09. The van der Waals surface area contributed by atoms with Crippen molar-refractivity contribution in [2.24, 2.45) is 0 Å². The number of nitrogens with one attached hydrogen (secondary N) is 1. The minimum absolute atomic E-state index is 0.183. The Morgan fingerprint density at radius 2 is 2.18 bits per heavy atom. The van der Waals surface area contributed by atoms with Gasteiger partial charge in [-0.15, -0.1) is 0 Å². The van der Waals surface area contributed by atoms with Gasteiger partial charge in [-0.2, -0.15) is 0 Å². The van der Waals surface area contributed by atoms with Crippen molar-refractivity contribution in [2.45, 2.75) is 25.9 Å². The summed E-state index contributed by atoms with van der Waals surface area (Å²) in [5.74, 6) is 0. The topological polar surface area (TPSA) is 43.3 Å². The third-order valence-electron chi connectivity index (χ3n) is 2.29. The number of pyridine rings is 1. The summed E-state index contributed by atoms with van der Waals surface area (Å²) >= 11 is 0. The molecule has 1 heterocycles. The maximum Gasteiger partial charge on any atom is 0.258 e. The van der Waals surface area contributed by atoms with E-state index < -0.39 is 12.5 Å². The highest BCUT2D eigenvalue weighted by molar-refractivity contribution is 5.41. The van der Waals surface area contributed by atoms with Crippen molar-refractivity contribution in [2.75, 3.05) is 19.0 Å². The minimum atomic E-state index is -2.45. The molecule has 0 bridgehead atoms. The van der Waals surface area contributed by atoms with Crippen LogP contribution in [0.15, 0.2) is 23.1 Å². The summed E-state index contributed by atoms with van der Waals surface area (Å²) in [6, 6.07) is 1.88. The van der Waals surface area contributed by atoms with Crippen LogP contribution in [-0.4, -0.2) is 30.8 Å². The Morgan fingerprint density at radius 1 is 1.47 bits per heavy atom. The Hall–Kier alpha value is -1.43. The second-order valence-corrected chi connectivity index (χ2v) is 3.71. The maximum atomic E-state index is 12.3. The molecule has 0 radical (unpaired) electrons. The predicted molar refractivity (Wildman–Crippen MR) is 61.7 cm³/mol. The molecule has 0 aliphatic carbocycles. The number of anilines is 1. The number of hydrogen-bond acceptors (Lipinski definition) is 3. The highest BCUT2D eigenvalue weighted by atomic mass is 19.3. The molecule has 0 aliphatic heterocycles. The van der Waals surface area contributed by atoms with Gasteiger partial charge in [0, 0.05) is 25.9 Å². The zero-order valence-electron chi connectivity index (χ0n) is 9.82. The fourth-order valence-electron chi connectivity index (χ4n) is 1.31. The van der Waals surface area contributed by atoms with Gasteiger partial charge in [-0.05, 0) is 13.0 Å². The van der Waals surface area contributed by atoms with Crippen molar-refractivity contribution in [1.82, 2.24) is 4.57 Å². The molecule has 1 atom stereocenters. The molecule has 1 rings (SSSR count). The Labute approximate surface area is 98.2 Å². The van der Waals surface area contributed by atoms with Crippen LogP contribution in [0.1, 0.15) is 6.92 Å². The van der Waals surface area contributed by atoms with Crippen LogP contribution in [0, 0.1) is 0 Å². The summed E-state index contributed by atoms with van der Waals surface area (Å²) in [7, 11) is 1.53. The van der Waals surface area contributed by atoms with Crippen molar-refractivity contribution >= 4 is 5.69 Å². The first-order chi connectivity index (χ1) is 8.04. The monoisotopic (exact) mass is 246 g/mol. The highest BCUT2D eigenvalue weighted by Crippen LogP contribution is 2.10. The van der Waals surface area contributed by atoms with E-state index in [0.717, 1.165) is 0 Å². The lowest BCUT2D eigenvalue weighted by molar-refractivity contribution is 0.130. The second kappa shape index (κ2) is 6.34. The molecule has 0 aromatic carbocycles. The Bertz CT molecular complexity index is 407. The van der Waals surface area contributed by atoms with E-state index in [0.29, 0.717) is 18.8 Å². The van der Waals surface area contributed by atoms with Gasteiger partial charge in [0.1, 0.15) is 0 Å². The second-order valence-electron chi connectivity index (χ2n) is 3.71. The van der Waals surface area contributed by atoms with E-state index in [-0.39, 0.29) is 5.56 Å². The van der Waals surface area contributed by atoms with Crippen molar-refractivity contribution < 1.29 is 13.5 Å². The predicted octanol–water partition coefficient (Wildman–Crippen LogP) is 1.56. The van der Waals surface area contributed by atoms with Crippen LogP contribution >= 0.6 is 0 Å². The van der Waals surface area contributed by atoms with Gasteiger partial charge in [-0.3, -0.25) is 4.79 Å². The number of alkyl halides is 2. The van der Waals surface area contributed by atoms with Crippen molar-refractivity contribution in [1.29, 1.82) is 0 Å². The fourth-order valence-corrected chi connectivity index (χ4v) is 1.31. The van der Waals surface area contributed by atoms with Crippen LogP contribution < -0.4 is 10.9 Å². The number of hydrogen-bond donors (Lipinski definition) is 1. The first-order valence-corrected chi connectivity index (χ1v) is 5.28. The average molecular weight is 246 g/mol. The Balaban J connectivity index is 2.77. The van der Waals surface area contributed by atoms with Gasteiger partial charge < -0.3 is 14.6 Å². The number of halogens is 2. The molecule has 1 aromatic heterocycles. The maximum absolute atomic E-state index is 12.3. The molecular formula is C11H16F2N2O2. The molecule has 0 fully saturated rings. The smallest absolute Gasteiger partial charge is 0.258 e. The van der Waals surface area contributed by atoms with Crippen LogP contribution in [0.25, 0.3) is 0 Å². The van der Waals surface area contributed by atoms with Crippen LogP contribution in [0.2, 0.25) is 0 Å². The van der Waals surface area contributed by atoms with E-state index in [1.807, 2.05) is 0 Å². The number of methoxy groups -OCH3 is 1. The van der Waals surface area contributed by atoms with Crippen LogP contribution in [0.5, 0.6) is 0 Å². The normalized spacial score (nSPS) is 12.8. The van der Waals surface area contributed by atoms with Gasteiger partial charge in [0.05, 0.1) is 18.3 Å². The molecule has 0 aliphatic rings. The van der Waals surface area contributed by atoms with Crippen LogP contribution in [0.3, 0.4) is 0 Å². The summed E-state index contributed by atoms with van der Waals surface area (Å²) in [4.78, 5) is 11.4. The zero-order valence-corrected chi connectivity index (χ0v) is 9.82. The van der Waals surface area contributed by atoms with E-state index in [4.69, 9.17) is 4.74 Å². The van der Waals surface area contributed by atoms with Gasteiger partial charge in [0.15, 0.2) is 0 Å². The molecule has 4 nitrogen and oxygen atoms in total. The van der Waals surface area contributed by atoms with E-state index in [9.17, 15) is 13.6 Å². The summed E-state index contributed by atoms with van der Waals surface area (Å²) in [5.41, 5.74) is 0.311. The zero-order chi connectivity index (χ0) is 12.8. The molecule has 1 unspecified atom stereocenters. The first kappa shape index (κ1) is 13.6. The van der Waals surface area contributed by atoms with Crippen molar-refractivity contribution in [3.8, 4) is 0 Å². The van der Waals surface area contributed by atoms with E-state index in [2.05, 4.69) is 5.32 Å². The molecule has 0 spiro atoms. The summed E-state index contributed by atoms with van der Waals surface area (Å²) in [5, 5.41) is 2.63. The number of ether oxygens (including phenoxy) is 1. The highest BCUT2D eigenvalue weighted by Gasteiger charge is 2.14. The number of nitrogens with zero attached hydrogens (tertiary/aromatic N) is 1. The summed E-state index contributed by atoms with van der Waals surface area (Å²) in [6.45, 7) is 2.18. The largest absolute Gasteiger partial charge is 0.383 e. The van der Waals surface area contributed by atoms with Crippen LogP contribution in [0.4, 0.5) is 14.5 Å². The SMILES string of the molecule is COCCn1cc(NC(C)C(F)F)ccc1=O. The van der Waals surface area contributed by atoms with E-state index in [1.165, 1.54) is 36.9 Å². The van der Waals surface area contributed by atoms with Gasteiger partial charge in [0.2, 0.25) is 0 Å². The van der Waals surface area contributed by atoms with Gasteiger partial charge >= 0.3 is 0 Å². The van der Waals surface area contributed by atoms with E-state index >= 15 is 0 Å². The molecule has 6 heteroatoms. The molecule has 96 valence electrons. The molecule has 0 saturated heterocycles. The van der Waals surface area contributed by atoms with Gasteiger partial charge in [0.25, 0.3) is 12.0 Å². The summed E-state index contributed by atoms with van der Waals surface area (Å²) in [6.07, 6.45) is -0.936. The van der Waals surface area contributed by atoms with E-state index in [1.54, 1.807) is 0 Å². The standard InChI is InChI=1S/C11H16F2N2O2/c1-8(11(12)13)14-9-3-4-10(16)15(7-9)5-6-17-2/h3-4,7-8,11,14H,5-6H2,1-2H3. The summed E-state index contributed by atoms with van der Waals surface area (Å²) < 4.78 is 31.0. The molecule has 1 N–H and O–H groups in total. The lowest BCUT2D eigenvalue weighted by Gasteiger charge is -2.15. The third kappa shape index (κ3) is 4.14.